The van der Waals surface area contributed by atoms with Gasteiger partial charge in [0.05, 0.1) is 25.7 Å². The number of nitriles is 1. The van der Waals surface area contributed by atoms with E-state index < -0.39 is 0 Å². The predicted octanol–water partition coefficient (Wildman–Crippen LogP) is 2.26. The summed E-state index contributed by atoms with van der Waals surface area (Å²) in [6.45, 7) is 0.583. The highest BCUT2D eigenvalue weighted by molar-refractivity contribution is 5.16. The quantitative estimate of drug-likeness (QED) is 0.664. The fourth-order valence-electron chi connectivity index (χ4n) is 0.915. The largest absolute Gasteiger partial charge is 0.376 e. The van der Waals surface area contributed by atoms with Crippen LogP contribution in [0.4, 0.5) is 4.39 Å². The second-order valence-corrected chi connectivity index (χ2v) is 2.55. The molecule has 0 unspecified atom stereocenters. The minimum Gasteiger partial charge on any atom is -0.376 e. The zero-order chi connectivity index (χ0) is 9.52. The molecule has 13 heavy (non-hydrogen) atoms. The molecule has 0 spiro atoms. The molecule has 1 aromatic carbocycles. The van der Waals surface area contributed by atoms with Crippen LogP contribution in [-0.2, 0) is 11.3 Å². The standard InChI is InChI=1S/C10H10FNO/c11-10-5-2-1-4-9(10)8-13-7-3-6-12/h1-2,4-5H,3,7-8H2. The molecule has 1 aromatic rings. The van der Waals surface area contributed by atoms with E-state index in [4.69, 9.17) is 10.00 Å². The summed E-state index contributed by atoms with van der Waals surface area (Å²) in [6, 6.07) is 8.40. The summed E-state index contributed by atoms with van der Waals surface area (Å²) in [5.74, 6) is -0.264. The van der Waals surface area contributed by atoms with Gasteiger partial charge in [-0.25, -0.2) is 4.39 Å². The van der Waals surface area contributed by atoms with Crippen LogP contribution in [0, 0.1) is 17.1 Å². The van der Waals surface area contributed by atoms with Crippen LogP contribution in [0.1, 0.15) is 12.0 Å². The number of benzene rings is 1. The van der Waals surface area contributed by atoms with Crippen molar-refractivity contribution in [2.75, 3.05) is 6.61 Å². The van der Waals surface area contributed by atoms with Gasteiger partial charge in [-0.15, -0.1) is 0 Å². The zero-order valence-corrected chi connectivity index (χ0v) is 7.16. The second kappa shape index (κ2) is 5.28. The van der Waals surface area contributed by atoms with Gasteiger partial charge in [0, 0.05) is 5.56 Å². The molecule has 1 rings (SSSR count). The van der Waals surface area contributed by atoms with Gasteiger partial charge in [-0.3, -0.25) is 0 Å². The third kappa shape index (κ3) is 3.22. The summed E-state index contributed by atoms with van der Waals surface area (Å²) in [5, 5.41) is 8.21. The van der Waals surface area contributed by atoms with Crippen molar-refractivity contribution in [3.05, 3.63) is 35.6 Å². The molecule has 0 atom stereocenters. The number of halogens is 1. The topological polar surface area (TPSA) is 33.0 Å². The number of hydrogen-bond donors (Lipinski definition) is 0. The first-order valence-electron chi connectivity index (χ1n) is 4.02. The minimum absolute atomic E-state index is 0.231. The van der Waals surface area contributed by atoms with Crippen LogP contribution in [-0.4, -0.2) is 6.61 Å². The Hall–Kier alpha value is -1.40. The van der Waals surface area contributed by atoms with Gasteiger partial charge in [0.15, 0.2) is 0 Å². The number of ether oxygens (including phenoxy) is 1. The Morgan fingerprint density at radius 2 is 2.15 bits per heavy atom. The molecule has 0 aliphatic rings. The van der Waals surface area contributed by atoms with Crippen molar-refractivity contribution in [2.45, 2.75) is 13.0 Å². The van der Waals surface area contributed by atoms with Crippen molar-refractivity contribution in [1.29, 1.82) is 5.26 Å². The van der Waals surface area contributed by atoms with Gasteiger partial charge in [-0.05, 0) is 6.07 Å². The van der Waals surface area contributed by atoms with E-state index in [1.807, 2.05) is 6.07 Å². The van der Waals surface area contributed by atoms with Crippen molar-refractivity contribution >= 4 is 0 Å². The average molecular weight is 179 g/mol. The predicted molar refractivity (Wildman–Crippen MR) is 46.3 cm³/mol. The fourth-order valence-corrected chi connectivity index (χ4v) is 0.915. The van der Waals surface area contributed by atoms with Crippen molar-refractivity contribution in [2.24, 2.45) is 0 Å². The Balaban J connectivity index is 2.37. The summed E-state index contributed by atoms with van der Waals surface area (Å²) in [4.78, 5) is 0. The Bertz CT molecular complexity index is 306. The van der Waals surface area contributed by atoms with Crippen molar-refractivity contribution in [3.8, 4) is 6.07 Å². The van der Waals surface area contributed by atoms with Crippen LogP contribution in [0.2, 0.25) is 0 Å². The molecule has 0 aliphatic carbocycles. The zero-order valence-electron chi connectivity index (χ0n) is 7.16. The summed E-state index contributed by atoms with van der Waals surface area (Å²) in [7, 11) is 0. The minimum atomic E-state index is -0.264. The molecule has 0 bridgehead atoms. The molecule has 2 nitrogen and oxygen atoms in total. The van der Waals surface area contributed by atoms with Gasteiger partial charge in [-0.1, -0.05) is 18.2 Å². The lowest BCUT2D eigenvalue weighted by Gasteiger charge is -2.02. The van der Waals surface area contributed by atoms with Gasteiger partial charge >= 0.3 is 0 Å². The van der Waals surface area contributed by atoms with Gasteiger partial charge < -0.3 is 4.74 Å². The van der Waals surface area contributed by atoms with Crippen LogP contribution in [0.25, 0.3) is 0 Å². The molecule has 0 saturated heterocycles. The molecule has 0 heterocycles. The van der Waals surface area contributed by atoms with Crippen LogP contribution < -0.4 is 0 Å². The highest BCUT2D eigenvalue weighted by atomic mass is 19.1. The fraction of sp³-hybridized carbons (Fsp3) is 0.300. The lowest BCUT2D eigenvalue weighted by Crippen LogP contribution is -1.96. The molecule has 0 radical (unpaired) electrons. The smallest absolute Gasteiger partial charge is 0.128 e. The molecule has 0 aromatic heterocycles. The second-order valence-electron chi connectivity index (χ2n) is 2.55. The molecular weight excluding hydrogens is 169 g/mol. The lowest BCUT2D eigenvalue weighted by molar-refractivity contribution is 0.124. The van der Waals surface area contributed by atoms with Crippen LogP contribution in [0.3, 0.4) is 0 Å². The van der Waals surface area contributed by atoms with Gasteiger partial charge in [-0.2, -0.15) is 5.26 Å². The Morgan fingerprint density at radius 1 is 1.38 bits per heavy atom. The lowest BCUT2D eigenvalue weighted by atomic mass is 10.2. The Morgan fingerprint density at radius 3 is 2.85 bits per heavy atom. The normalized spacial score (nSPS) is 9.54. The number of nitrogens with zero attached hydrogens (tertiary/aromatic N) is 1. The first kappa shape index (κ1) is 9.69. The van der Waals surface area contributed by atoms with Crippen LogP contribution >= 0.6 is 0 Å². The third-order valence-electron chi connectivity index (χ3n) is 1.57. The van der Waals surface area contributed by atoms with E-state index in [9.17, 15) is 4.39 Å². The maximum Gasteiger partial charge on any atom is 0.128 e. The maximum absolute atomic E-state index is 13.0. The van der Waals surface area contributed by atoms with E-state index in [0.717, 1.165) is 0 Å². The molecular formula is C10H10FNO. The van der Waals surface area contributed by atoms with Crippen LogP contribution in [0.5, 0.6) is 0 Å². The van der Waals surface area contributed by atoms with Crippen LogP contribution in [0.15, 0.2) is 24.3 Å². The summed E-state index contributed by atoms with van der Waals surface area (Å²) in [5.41, 5.74) is 0.528. The highest BCUT2D eigenvalue weighted by Gasteiger charge is 1.99. The highest BCUT2D eigenvalue weighted by Crippen LogP contribution is 2.07. The number of hydrogen-bond acceptors (Lipinski definition) is 2. The van der Waals surface area contributed by atoms with E-state index in [-0.39, 0.29) is 12.4 Å². The first-order valence-corrected chi connectivity index (χ1v) is 4.02. The van der Waals surface area contributed by atoms with E-state index in [1.165, 1.54) is 6.07 Å². The SMILES string of the molecule is N#CCCOCc1ccccc1F. The Labute approximate surface area is 76.6 Å². The first-order chi connectivity index (χ1) is 6.34. The van der Waals surface area contributed by atoms with E-state index in [0.29, 0.717) is 18.6 Å². The maximum atomic E-state index is 13.0. The molecule has 0 aliphatic heterocycles. The number of rotatable bonds is 4. The van der Waals surface area contributed by atoms with Crippen molar-refractivity contribution in [1.82, 2.24) is 0 Å². The molecule has 0 fully saturated rings. The van der Waals surface area contributed by atoms with Gasteiger partial charge in [0.2, 0.25) is 0 Å². The summed E-state index contributed by atoms with van der Waals surface area (Å²) >= 11 is 0. The van der Waals surface area contributed by atoms with Crippen molar-refractivity contribution in [3.63, 3.8) is 0 Å². The molecule has 0 N–H and O–H groups in total. The average Bonchev–Trinajstić information content (AvgIpc) is 2.15. The summed E-state index contributed by atoms with van der Waals surface area (Å²) < 4.78 is 18.0. The van der Waals surface area contributed by atoms with E-state index >= 15 is 0 Å². The van der Waals surface area contributed by atoms with E-state index in [2.05, 4.69) is 0 Å². The van der Waals surface area contributed by atoms with Gasteiger partial charge in [0.1, 0.15) is 5.82 Å². The van der Waals surface area contributed by atoms with E-state index in [1.54, 1.807) is 18.2 Å². The van der Waals surface area contributed by atoms with Gasteiger partial charge in [0.25, 0.3) is 0 Å². The molecule has 0 amide bonds. The Kier molecular flexibility index (Phi) is 3.94. The third-order valence-corrected chi connectivity index (χ3v) is 1.57. The molecule has 3 heteroatoms. The monoisotopic (exact) mass is 179 g/mol. The molecule has 68 valence electrons. The molecule has 0 saturated carbocycles. The van der Waals surface area contributed by atoms with Crippen molar-refractivity contribution < 1.29 is 9.13 Å². The summed E-state index contributed by atoms with van der Waals surface area (Å²) in [6.07, 6.45) is 0.342.